The first-order valence-electron chi connectivity index (χ1n) is 7.33. The van der Waals surface area contributed by atoms with Gasteiger partial charge in [-0.3, -0.25) is 4.90 Å². The number of nitrogens with two attached hydrogens (primary N) is 1. The van der Waals surface area contributed by atoms with E-state index in [0.717, 1.165) is 18.8 Å². The van der Waals surface area contributed by atoms with E-state index in [1.807, 2.05) is 12.1 Å². The van der Waals surface area contributed by atoms with Crippen LogP contribution >= 0.6 is 0 Å². The molecule has 0 aliphatic rings. The van der Waals surface area contributed by atoms with Crippen molar-refractivity contribution in [3.05, 3.63) is 29.8 Å². The Kier molecular flexibility index (Phi) is 7.51. The van der Waals surface area contributed by atoms with Crippen LogP contribution in [0.1, 0.15) is 51.5 Å². The Morgan fingerprint density at radius 1 is 1.00 bits per heavy atom. The summed E-state index contributed by atoms with van der Waals surface area (Å²) in [6.45, 7) is 7.76. The smallest absolute Gasteiger partial charge is 0.0359 e. The molecule has 0 spiro atoms. The first-order valence-corrected chi connectivity index (χ1v) is 7.33. The second-order valence-corrected chi connectivity index (χ2v) is 4.98. The fraction of sp³-hybridized carbons (Fsp3) is 0.625. The van der Waals surface area contributed by atoms with Crippen LogP contribution in [0, 0.1) is 0 Å². The van der Waals surface area contributed by atoms with E-state index in [1.54, 1.807) is 0 Å². The molecule has 0 fully saturated rings. The van der Waals surface area contributed by atoms with Crippen LogP contribution in [0.2, 0.25) is 0 Å². The molecule has 2 nitrogen and oxygen atoms in total. The standard InChI is InChI=1S/C16H28N2/c1-3-5-6-7-10-13-18(4-2)14-15-11-8-9-12-16(15)17/h8-9,11-12H,3-7,10,13-14,17H2,1-2H3. The van der Waals surface area contributed by atoms with Gasteiger partial charge in [-0.1, -0.05) is 57.7 Å². The van der Waals surface area contributed by atoms with Crippen molar-refractivity contribution >= 4 is 5.69 Å². The van der Waals surface area contributed by atoms with Crippen LogP contribution in [-0.4, -0.2) is 18.0 Å². The van der Waals surface area contributed by atoms with E-state index in [0.29, 0.717) is 0 Å². The highest BCUT2D eigenvalue weighted by molar-refractivity contribution is 5.46. The zero-order valence-corrected chi connectivity index (χ0v) is 12.0. The molecular weight excluding hydrogens is 220 g/mol. The molecule has 0 aliphatic carbocycles. The van der Waals surface area contributed by atoms with Gasteiger partial charge in [0.15, 0.2) is 0 Å². The zero-order valence-electron chi connectivity index (χ0n) is 12.0. The van der Waals surface area contributed by atoms with Crippen molar-refractivity contribution in [3.63, 3.8) is 0 Å². The van der Waals surface area contributed by atoms with Gasteiger partial charge in [0.2, 0.25) is 0 Å². The largest absolute Gasteiger partial charge is 0.398 e. The van der Waals surface area contributed by atoms with Crippen molar-refractivity contribution in [3.8, 4) is 0 Å². The monoisotopic (exact) mass is 248 g/mol. The predicted molar refractivity (Wildman–Crippen MR) is 80.6 cm³/mol. The van der Waals surface area contributed by atoms with Crippen LogP contribution in [-0.2, 0) is 6.54 Å². The number of nitrogen functional groups attached to an aromatic ring is 1. The van der Waals surface area contributed by atoms with Gasteiger partial charge in [-0.2, -0.15) is 0 Å². The van der Waals surface area contributed by atoms with E-state index in [9.17, 15) is 0 Å². The number of benzene rings is 1. The molecule has 0 atom stereocenters. The first-order chi connectivity index (χ1) is 8.77. The van der Waals surface area contributed by atoms with E-state index in [2.05, 4.69) is 30.9 Å². The lowest BCUT2D eigenvalue weighted by Crippen LogP contribution is -2.24. The number of rotatable bonds is 9. The zero-order chi connectivity index (χ0) is 13.2. The SMILES string of the molecule is CCCCCCCN(CC)Cc1ccccc1N. The number of unbranched alkanes of at least 4 members (excludes halogenated alkanes) is 4. The molecule has 0 unspecified atom stereocenters. The molecule has 0 bridgehead atoms. The summed E-state index contributed by atoms with van der Waals surface area (Å²) in [5.74, 6) is 0. The van der Waals surface area contributed by atoms with Gasteiger partial charge >= 0.3 is 0 Å². The average molecular weight is 248 g/mol. The van der Waals surface area contributed by atoms with Crippen LogP contribution in [0.5, 0.6) is 0 Å². The minimum absolute atomic E-state index is 0.918. The van der Waals surface area contributed by atoms with Crippen LogP contribution in [0.25, 0.3) is 0 Å². The Morgan fingerprint density at radius 2 is 1.72 bits per heavy atom. The van der Waals surface area contributed by atoms with Crippen LogP contribution in [0.4, 0.5) is 5.69 Å². The summed E-state index contributed by atoms with van der Waals surface area (Å²) in [4.78, 5) is 2.48. The number of hydrogen-bond donors (Lipinski definition) is 1. The van der Waals surface area contributed by atoms with Crippen molar-refractivity contribution < 1.29 is 0 Å². The fourth-order valence-electron chi connectivity index (χ4n) is 2.21. The molecule has 0 radical (unpaired) electrons. The third-order valence-electron chi connectivity index (χ3n) is 3.47. The Bertz CT molecular complexity index is 323. The number of para-hydroxylation sites is 1. The summed E-state index contributed by atoms with van der Waals surface area (Å²) in [5.41, 5.74) is 8.17. The lowest BCUT2D eigenvalue weighted by molar-refractivity contribution is 0.273. The lowest BCUT2D eigenvalue weighted by Gasteiger charge is -2.21. The van der Waals surface area contributed by atoms with Gasteiger partial charge in [0.1, 0.15) is 0 Å². The maximum absolute atomic E-state index is 5.99. The topological polar surface area (TPSA) is 29.3 Å². The second kappa shape index (κ2) is 8.98. The summed E-state index contributed by atoms with van der Waals surface area (Å²) in [6, 6.07) is 8.19. The summed E-state index contributed by atoms with van der Waals surface area (Å²) >= 11 is 0. The maximum atomic E-state index is 5.99. The van der Waals surface area contributed by atoms with Crippen LogP contribution in [0.3, 0.4) is 0 Å². The van der Waals surface area contributed by atoms with E-state index in [1.165, 1.54) is 44.2 Å². The van der Waals surface area contributed by atoms with Gasteiger partial charge in [-0.05, 0) is 31.1 Å². The van der Waals surface area contributed by atoms with Crippen LogP contribution in [0.15, 0.2) is 24.3 Å². The van der Waals surface area contributed by atoms with E-state index < -0.39 is 0 Å². The van der Waals surface area contributed by atoms with Crippen molar-refractivity contribution in [1.82, 2.24) is 4.90 Å². The second-order valence-electron chi connectivity index (χ2n) is 4.98. The van der Waals surface area contributed by atoms with Gasteiger partial charge in [0.25, 0.3) is 0 Å². The Hall–Kier alpha value is -1.02. The molecule has 0 heterocycles. The molecule has 0 amide bonds. The maximum Gasteiger partial charge on any atom is 0.0359 e. The molecule has 1 rings (SSSR count). The molecule has 2 N–H and O–H groups in total. The van der Waals surface area contributed by atoms with Crippen molar-refractivity contribution in [2.75, 3.05) is 18.8 Å². The molecule has 1 aromatic carbocycles. The Labute approximate surface area is 112 Å². The quantitative estimate of drug-likeness (QED) is 0.527. The Morgan fingerprint density at radius 3 is 2.39 bits per heavy atom. The highest BCUT2D eigenvalue weighted by Crippen LogP contribution is 2.14. The molecule has 0 aliphatic heterocycles. The van der Waals surface area contributed by atoms with E-state index in [-0.39, 0.29) is 0 Å². The molecule has 102 valence electrons. The minimum Gasteiger partial charge on any atom is -0.398 e. The normalized spacial score (nSPS) is 11.1. The molecule has 0 saturated carbocycles. The van der Waals surface area contributed by atoms with Crippen molar-refractivity contribution in [2.45, 2.75) is 52.5 Å². The lowest BCUT2D eigenvalue weighted by atomic mass is 10.1. The van der Waals surface area contributed by atoms with Crippen molar-refractivity contribution in [2.24, 2.45) is 0 Å². The highest BCUT2D eigenvalue weighted by atomic mass is 15.1. The fourth-order valence-corrected chi connectivity index (χ4v) is 2.21. The summed E-state index contributed by atoms with van der Waals surface area (Å²) in [7, 11) is 0. The van der Waals surface area contributed by atoms with Gasteiger partial charge < -0.3 is 5.73 Å². The van der Waals surface area contributed by atoms with Gasteiger partial charge in [0.05, 0.1) is 0 Å². The van der Waals surface area contributed by atoms with Crippen molar-refractivity contribution in [1.29, 1.82) is 0 Å². The average Bonchev–Trinajstić information content (AvgIpc) is 2.39. The highest BCUT2D eigenvalue weighted by Gasteiger charge is 2.05. The van der Waals surface area contributed by atoms with Gasteiger partial charge in [-0.15, -0.1) is 0 Å². The number of nitrogens with zero attached hydrogens (tertiary/aromatic N) is 1. The van der Waals surface area contributed by atoms with E-state index >= 15 is 0 Å². The molecule has 2 heteroatoms. The third kappa shape index (κ3) is 5.54. The van der Waals surface area contributed by atoms with Crippen LogP contribution < -0.4 is 5.73 Å². The van der Waals surface area contributed by atoms with E-state index in [4.69, 9.17) is 5.73 Å². The first kappa shape index (κ1) is 15.0. The predicted octanol–water partition coefficient (Wildman–Crippen LogP) is 4.06. The molecular formula is C16H28N2. The molecule has 0 saturated heterocycles. The third-order valence-corrected chi connectivity index (χ3v) is 3.47. The van der Waals surface area contributed by atoms with Gasteiger partial charge in [-0.25, -0.2) is 0 Å². The molecule has 18 heavy (non-hydrogen) atoms. The molecule has 1 aromatic rings. The van der Waals surface area contributed by atoms with Gasteiger partial charge in [0, 0.05) is 12.2 Å². The summed E-state index contributed by atoms with van der Waals surface area (Å²) in [5, 5.41) is 0. The molecule has 0 aromatic heterocycles. The Balaban J connectivity index is 2.31. The summed E-state index contributed by atoms with van der Waals surface area (Å²) < 4.78 is 0. The minimum atomic E-state index is 0.918. The number of anilines is 1. The number of hydrogen-bond acceptors (Lipinski definition) is 2. The summed E-state index contributed by atoms with van der Waals surface area (Å²) in [6.07, 6.45) is 6.73.